The van der Waals surface area contributed by atoms with Crippen molar-refractivity contribution < 1.29 is 14.6 Å². The standard InChI is InChI=1S/C32H39N7O3/c1-42-21-20-39(18-5-4-10-25-14-13-23-8-7-17-34-29(23)35-25)19-15-28(32(40)41)37-31-26-11-2-3-12-27(26)36-30(38-31)24-9-6-16-33-22-24/h2-3,6,9,11-14,16,22,28H,4-5,7-8,10,15,17-21H2,1H3,(H,34,35)(H,40,41)(H,36,37,38)/t28-/m0/s1. The number of nitrogens with zero attached hydrogens (tertiary/aromatic N) is 5. The average Bonchev–Trinajstić information content (AvgIpc) is 3.03. The van der Waals surface area contributed by atoms with Gasteiger partial charge in [-0.3, -0.25) is 4.98 Å². The van der Waals surface area contributed by atoms with Crippen LogP contribution in [0.15, 0.2) is 60.9 Å². The molecule has 0 amide bonds. The number of fused-ring (bicyclic) bond motifs is 2. The average molecular weight is 570 g/mol. The number of carboxylic acids is 1. The number of carbonyl (C=O) groups is 1. The number of rotatable bonds is 15. The number of benzene rings is 1. The normalized spacial score (nSPS) is 13.5. The summed E-state index contributed by atoms with van der Waals surface area (Å²) in [6.45, 7) is 3.80. The largest absolute Gasteiger partial charge is 0.480 e. The van der Waals surface area contributed by atoms with Crippen LogP contribution in [-0.2, 0) is 22.4 Å². The van der Waals surface area contributed by atoms with Gasteiger partial charge in [-0.1, -0.05) is 18.2 Å². The number of anilines is 2. The maximum Gasteiger partial charge on any atom is 0.326 e. The summed E-state index contributed by atoms with van der Waals surface area (Å²) in [6, 6.07) is 14.9. The summed E-state index contributed by atoms with van der Waals surface area (Å²) in [6.07, 6.45) is 8.99. The molecule has 0 bridgehead atoms. The lowest BCUT2D eigenvalue weighted by Crippen LogP contribution is -2.37. The van der Waals surface area contributed by atoms with Gasteiger partial charge in [-0.25, -0.2) is 19.7 Å². The molecule has 0 saturated carbocycles. The second-order valence-electron chi connectivity index (χ2n) is 10.6. The number of aliphatic carboxylic acids is 1. The highest BCUT2D eigenvalue weighted by atomic mass is 16.5. The van der Waals surface area contributed by atoms with E-state index in [-0.39, 0.29) is 0 Å². The molecule has 1 aromatic carbocycles. The molecule has 1 aliphatic heterocycles. The summed E-state index contributed by atoms with van der Waals surface area (Å²) >= 11 is 0. The summed E-state index contributed by atoms with van der Waals surface area (Å²) < 4.78 is 5.34. The monoisotopic (exact) mass is 569 g/mol. The van der Waals surface area contributed by atoms with Gasteiger partial charge in [-0.15, -0.1) is 0 Å². The molecule has 0 spiro atoms. The first-order valence-electron chi connectivity index (χ1n) is 14.7. The number of para-hydroxylation sites is 1. The number of hydrogen-bond donors (Lipinski definition) is 3. The lowest BCUT2D eigenvalue weighted by atomic mass is 10.1. The molecule has 4 aromatic rings. The van der Waals surface area contributed by atoms with Gasteiger partial charge in [0.05, 0.1) is 12.1 Å². The quantitative estimate of drug-likeness (QED) is 0.174. The molecule has 0 fully saturated rings. The predicted molar refractivity (Wildman–Crippen MR) is 165 cm³/mol. The van der Waals surface area contributed by atoms with Gasteiger partial charge in [-0.2, -0.15) is 0 Å². The van der Waals surface area contributed by atoms with Gasteiger partial charge in [-0.05, 0) is 81.0 Å². The van der Waals surface area contributed by atoms with Crippen molar-refractivity contribution in [3.8, 4) is 11.4 Å². The number of aryl methyl sites for hydroxylation is 2. The zero-order valence-electron chi connectivity index (χ0n) is 24.1. The molecule has 10 nitrogen and oxygen atoms in total. The summed E-state index contributed by atoms with van der Waals surface area (Å²) in [7, 11) is 1.69. The third-order valence-corrected chi connectivity index (χ3v) is 7.59. The SMILES string of the molecule is COCCN(CCCCc1ccc2c(n1)NCCC2)CC[C@H](Nc1nc(-c2cccnc2)nc2ccccc12)C(=O)O. The van der Waals surface area contributed by atoms with Crippen molar-refractivity contribution >= 4 is 28.5 Å². The van der Waals surface area contributed by atoms with E-state index in [9.17, 15) is 9.90 Å². The van der Waals surface area contributed by atoms with E-state index in [1.165, 1.54) is 5.56 Å². The van der Waals surface area contributed by atoms with Crippen molar-refractivity contribution in [2.24, 2.45) is 0 Å². The van der Waals surface area contributed by atoms with Crippen molar-refractivity contribution in [2.45, 2.75) is 44.6 Å². The molecule has 220 valence electrons. The topological polar surface area (TPSA) is 125 Å². The molecule has 5 rings (SSSR count). The highest BCUT2D eigenvalue weighted by Crippen LogP contribution is 2.25. The van der Waals surface area contributed by atoms with E-state index in [2.05, 4.69) is 37.6 Å². The first kappa shape index (κ1) is 29.3. The molecule has 0 unspecified atom stereocenters. The lowest BCUT2D eigenvalue weighted by molar-refractivity contribution is -0.138. The number of nitrogens with one attached hydrogen (secondary N) is 2. The highest BCUT2D eigenvalue weighted by molar-refractivity contribution is 5.92. The molecule has 1 atom stereocenters. The van der Waals surface area contributed by atoms with Crippen LogP contribution in [0.1, 0.15) is 36.9 Å². The van der Waals surface area contributed by atoms with Gasteiger partial charge in [0, 0.05) is 55.8 Å². The van der Waals surface area contributed by atoms with Crippen LogP contribution in [0.4, 0.5) is 11.6 Å². The van der Waals surface area contributed by atoms with Crippen molar-refractivity contribution in [3.05, 3.63) is 72.2 Å². The van der Waals surface area contributed by atoms with Crippen molar-refractivity contribution in [3.63, 3.8) is 0 Å². The van der Waals surface area contributed by atoms with E-state index in [1.54, 1.807) is 19.5 Å². The number of carboxylic acid groups (broad SMARTS) is 1. The highest BCUT2D eigenvalue weighted by Gasteiger charge is 2.21. The minimum atomic E-state index is -0.917. The first-order chi connectivity index (χ1) is 20.6. The minimum Gasteiger partial charge on any atom is -0.480 e. The molecular weight excluding hydrogens is 530 g/mol. The summed E-state index contributed by atoms with van der Waals surface area (Å²) in [5.74, 6) is 1.12. The van der Waals surface area contributed by atoms with Crippen LogP contribution in [0.25, 0.3) is 22.3 Å². The van der Waals surface area contributed by atoms with E-state index >= 15 is 0 Å². The van der Waals surface area contributed by atoms with Crippen LogP contribution in [0, 0.1) is 0 Å². The van der Waals surface area contributed by atoms with Gasteiger partial charge in [0.25, 0.3) is 0 Å². The fraction of sp³-hybridized carbons (Fsp3) is 0.406. The Balaban J connectivity index is 1.21. The van der Waals surface area contributed by atoms with Crippen molar-refractivity contribution in [2.75, 3.05) is 50.5 Å². The second-order valence-corrected chi connectivity index (χ2v) is 10.6. The van der Waals surface area contributed by atoms with E-state index in [0.29, 0.717) is 31.2 Å². The summed E-state index contributed by atoms with van der Waals surface area (Å²) in [5.41, 5.74) is 3.93. The molecular formula is C32H39N7O3. The van der Waals surface area contributed by atoms with Crippen LogP contribution in [0.3, 0.4) is 0 Å². The molecule has 0 radical (unpaired) electrons. The zero-order valence-corrected chi connectivity index (χ0v) is 24.1. The number of pyridine rings is 2. The van der Waals surface area contributed by atoms with Gasteiger partial charge >= 0.3 is 5.97 Å². The number of methoxy groups -OCH3 is 1. The second kappa shape index (κ2) is 14.7. The van der Waals surface area contributed by atoms with Gasteiger partial charge in [0.2, 0.25) is 0 Å². The van der Waals surface area contributed by atoms with E-state index in [1.807, 2.05) is 36.4 Å². The van der Waals surface area contributed by atoms with Gasteiger partial charge in [0.15, 0.2) is 5.82 Å². The number of aromatic nitrogens is 4. The Morgan fingerprint density at radius 1 is 1.07 bits per heavy atom. The van der Waals surface area contributed by atoms with Crippen LogP contribution in [0.5, 0.6) is 0 Å². The molecule has 3 N–H and O–H groups in total. The van der Waals surface area contributed by atoms with E-state index in [4.69, 9.17) is 14.7 Å². The van der Waals surface area contributed by atoms with Crippen molar-refractivity contribution in [1.29, 1.82) is 0 Å². The first-order valence-corrected chi connectivity index (χ1v) is 14.7. The lowest BCUT2D eigenvalue weighted by Gasteiger charge is -2.24. The summed E-state index contributed by atoms with van der Waals surface area (Å²) in [5, 5.41) is 17.5. The Bertz CT molecular complexity index is 1470. The Morgan fingerprint density at radius 3 is 2.81 bits per heavy atom. The van der Waals surface area contributed by atoms with E-state index < -0.39 is 12.0 Å². The smallest absolute Gasteiger partial charge is 0.326 e. The van der Waals surface area contributed by atoms with E-state index in [0.717, 1.165) is 79.7 Å². The van der Waals surface area contributed by atoms with Crippen LogP contribution < -0.4 is 10.6 Å². The molecule has 0 aliphatic carbocycles. The number of unbranched alkanes of at least 4 members (excludes halogenated alkanes) is 1. The fourth-order valence-electron chi connectivity index (χ4n) is 5.25. The van der Waals surface area contributed by atoms with Gasteiger partial charge < -0.3 is 25.4 Å². The van der Waals surface area contributed by atoms with Crippen molar-refractivity contribution in [1.82, 2.24) is 24.8 Å². The number of hydrogen-bond acceptors (Lipinski definition) is 9. The number of ether oxygens (including phenoxy) is 1. The van der Waals surface area contributed by atoms with Crippen LogP contribution >= 0.6 is 0 Å². The third kappa shape index (κ3) is 7.77. The Kier molecular flexibility index (Phi) is 10.2. The Labute approximate surface area is 246 Å². The fourth-order valence-corrected chi connectivity index (χ4v) is 5.25. The predicted octanol–water partition coefficient (Wildman–Crippen LogP) is 4.67. The maximum atomic E-state index is 12.4. The molecule has 42 heavy (non-hydrogen) atoms. The maximum absolute atomic E-state index is 12.4. The van der Waals surface area contributed by atoms with Crippen LogP contribution in [0.2, 0.25) is 0 Å². The molecule has 1 aliphatic rings. The molecule has 4 heterocycles. The molecule has 0 saturated heterocycles. The minimum absolute atomic E-state index is 0.414. The summed E-state index contributed by atoms with van der Waals surface area (Å²) in [4.78, 5) is 33.0. The Hall–Kier alpha value is -4.15. The Morgan fingerprint density at radius 2 is 1.98 bits per heavy atom. The molecule has 3 aromatic heterocycles. The molecule has 10 heteroatoms. The van der Waals surface area contributed by atoms with Gasteiger partial charge in [0.1, 0.15) is 17.7 Å². The van der Waals surface area contributed by atoms with Crippen LogP contribution in [-0.4, -0.2) is 81.8 Å². The third-order valence-electron chi connectivity index (χ3n) is 7.59. The zero-order chi connectivity index (χ0) is 29.1.